The van der Waals surface area contributed by atoms with E-state index in [0.717, 1.165) is 5.56 Å². The molecule has 0 radical (unpaired) electrons. The zero-order valence-electron chi connectivity index (χ0n) is 15.5. The molecule has 2 rings (SSSR count). The third-order valence-corrected chi connectivity index (χ3v) is 3.82. The van der Waals surface area contributed by atoms with Gasteiger partial charge in [0, 0.05) is 17.3 Å². The van der Waals surface area contributed by atoms with Crippen LogP contribution in [0.15, 0.2) is 48.5 Å². The highest BCUT2D eigenvalue weighted by Gasteiger charge is 2.09. The highest BCUT2D eigenvalue weighted by molar-refractivity contribution is 7.80. The standard InChI is InChI=1S/C20H23N3O3S/c1-13(2)19(25)21-15-8-6-9-16(11-15)22-20(27)23-18(24)12-26-17-10-5-4-7-14(17)3/h4-11,13H,12H2,1-3H3,(H,21,25)(H2,22,23,24,27). The first-order valence-corrected chi connectivity index (χ1v) is 8.96. The average Bonchev–Trinajstić information content (AvgIpc) is 2.61. The van der Waals surface area contributed by atoms with Crippen LogP contribution in [0.2, 0.25) is 0 Å². The van der Waals surface area contributed by atoms with E-state index in [2.05, 4.69) is 16.0 Å². The fraction of sp³-hybridized carbons (Fsp3) is 0.250. The van der Waals surface area contributed by atoms with Crippen molar-refractivity contribution in [3.05, 3.63) is 54.1 Å². The van der Waals surface area contributed by atoms with Gasteiger partial charge in [0.2, 0.25) is 5.91 Å². The lowest BCUT2D eigenvalue weighted by Crippen LogP contribution is -2.37. The Morgan fingerprint density at radius 1 is 1.04 bits per heavy atom. The summed E-state index contributed by atoms with van der Waals surface area (Å²) in [5.41, 5.74) is 2.25. The molecular formula is C20H23N3O3S. The molecule has 0 spiro atoms. The number of rotatable bonds is 6. The number of amides is 2. The molecule has 2 aromatic carbocycles. The van der Waals surface area contributed by atoms with Crippen molar-refractivity contribution in [1.82, 2.24) is 5.32 Å². The molecule has 0 unspecified atom stereocenters. The van der Waals surface area contributed by atoms with E-state index in [1.165, 1.54) is 0 Å². The van der Waals surface area contributed by atoms with E-state index in [4.69, 9.17) is 17.0 Å². The summed E-state index contributed by atoms with van der Waals surface area (Å²) >= 11 is 5.16. The highest BCUT2D eigenvalue weighted by atomic mass is 32.1. The van der Waals surface area contributed by atoms with Crippen molar-refractivity contribution >= 4 is 40.5 Å². The number of benzene rings is 2. The summed E-state index contributed by atoms with van der Waals surface area (Å²) in [6, 6.07) is 14.5. The first-order valence-electron chi connectivity index (χ1n) is 8.55. The van der Waals surface area contributed by atoms with E-state index in [-0.39, 0.29) is 29.5 Å². The maximum Gasteiger partial charge on any atom is 0.264 e. The van der Waals surface area contributed by atoms with Gasteiger partial charge in [-0.25, -0.2) is 0 Å². The second kappa shape index (κ2) is 9.68. The number of aryl methyl sites for hydroxylation is 1. The molecule has 0 bridgehead atoms. The van der Waals surface area contributed by atoms with Gasteiger partial charge in [-0.1, -0.05) is 38.1 Å². The Hall–Kier alpha value is -2.93. The molecule has 2 aromatic rings. The molecular weight excluding hydrogens is 362 g/mol. The summed E-state index contributed by atoms with van der Waals surface area (Å²) in [6.45, 7) is 5.41. The number of nitrogens with one attached hydrogen (secondary N) is 3. The molecule has 0 aromatic heterocycles. The van der Waals surface area contributed by atoms with E-state index in [9.17, 15) is 9.59 Å². The van der Waals surface area contributed by atoms with Gasteiger partial charge in [0.05, 0.1) is 0 Å². The summed E-state index contributed by atoms with van der Waals surface area (Å²) in [6.07, 6.45) is 0. The number of hydrogen-bond donors (Lipinski definition) is 3. The lowest BCUT2D eigenvalue weighted by atomic mass is 10.2. The topological polar surface area (TPSA) is 79.5 Å². The Morgan fingerprint density at radius 3 is 2.37 bits per heavy atom. The molecule has 27 heavy (non-hydrogen) atoms. The van der Waals surface area contributed by atoms with Crippen molar-refractivity contribution in [1.29, 1.82) is 0 Å². The third-order valence-electron chi connectivity index (χ3n) is 3.62. The number of carbonyl (C=O) groups is 2. The van der Waals surface area contributed by atoms with Gasteiger partial charge in [0.15, 0.2) is 11.7 Å². The lowest BCUT2D eigenvalue weighted by molar-refractivity contribution is -0.121. The fourth-order valence-corrected chi connectivity index (χ4v) is 2.38. The van der Waals surface area contributed by atoms with Crippen LogP contribution in [0.3, 0.4) is 0 Å². The van der Waals surface area contributed by atoms with Crippen LogP contribution < -0.4 is 20.7 Å². The van der Waals surface area contributed by atoms with Crippen molar-refractivity contribution in [2.24, 2.45) is 5.92 Å². The predicted molar refractivity (Wildman–Crippen MR) is 111 cm³/mol. The molecule has 0 heterocycles. The van der Waals surface area contributed by atoms with Crippen molar-refractivity contribution in [2.75, 3.05) is 17.2 Å². The maximum absolute atomic E-state index is 12.0. The Labute approximate surface area is 164 Å². The van der Waals surface area contributed by atoms with Gasteiger partial charge in [-0.3, -0.25) is 14.9 Å². The molecule has 0 saturated carbocycles. The zero-order chi connectivity index (χ0) is 19.8. The molecule has 6 nitrogen and oxygen atoms in total. The molecule has 0 aliphatic carbocycles. The third kappa shape index (κ3) is 6.71. The highest BCUT2D eigenvalue weighted by Crippen LogP contribution is 2.17. The predicted octanol–water partition coefficient (Wildman–Crippen LogP) is 3.48. The van der Waals surface area contributed by atoms with Crippen molar-refractivity contribution in [3.8, 4) is 5.75 Å². The minimum Gasteiger partial charge on any atom is -0.483 e. The monoisotopic (exact) mass is 385 g/mol. The number of hydrogen-bond acceptors (Lipinski definition) is 4. The smallest absolute Gasteiger partial charge is 0.264 e. The van der Waals surface area contributed by atoms with Gasteiger partial charge in [-0.05, 0) is 49.0 Å². The van der Waals surface area contributed by atoms with E-state index < -0.39 is 0 Å². The van der Waals surface area contributed by atoms with Crippen LogP contribution in [-0.2, 0) is 9.59 Å². The Morgan fingerprint density at radius 2 is 1.70 bits per heavy atom. The van der Waals surface area contributed by atoms with Gasteiger partial charge in [-0.2, -0.15) is 0 Å². The van der Waals surface area contributed by atoms with Gasteiger partial charge >= 0.3 is 0 Å². The van der Waals surface area contributed by atoms with E-state index >= 15 is 0 Å². The normalized spacial score (nSPS) is 10.2. The lowest BCUT2D eigenvalue weighted by Gasteiger charge is -2.13. The number of anilines is 2. The molecule has 0 saturated heterocycles. The number of ether oxygens (including phenoxy) is 1. The molecule has 3 N–H and O–H groups in total. The summed E-state index contributed by atoms with van der Waals surface area (Å²) in [5.74, 6) is 0.103. The molecule has 142 valence electrons. The summed E-state index contributed by atoms with van der Waals surface area (Å²) in [5, 5.41) is 8.45. The first-order chi connectivity index (χ1) is 12.8. The molecule has 0 fully saturated rings. The maximum atomic E-state index is 12.0. The summed E-state index contributed by atoms with van der Waals surface area (Å²) < 4.78 is 5.49. The molecule has 2 amide bonds. The summed E-state index contributed by atoms with van der Waals surface area (Å²) in [7, 11) is 0. The molecule has 0 aliphatic rings. The second-order valence-corrected chi connectivity index (χ2v) is 6.69. The van der Waals surface area contributed by atoms with E-state index in [1.807, 2.05) is 39.0 Å². The van der Waals surface area contributed by atoms with Gasteiger partial charge in [-0.15, -0.1) is 0 Å². The second-order valence-electron chi connectivity index (χ2n) is 6.28. The molecule has 7 heteroatoms. The van der Waals surface area contributed by atoms with E-state index in [1.54, 1.807) is 30.3 Å². The van der Waals surface area contributed by atoms with Crippen molar-refractivity contribution < 1.29 is 14.3 Å². The largest absolute Gasteiger partial charge is 0.483 e. The fourth-order valence-electron chi connectivity index (χ4n) is 2.15. The van der Waals surface area contributed by atoms with Crippen LogP contribution in [-0.4, -0.2) is 23.5 Å². The SMILES string of the molecule is Cc1ccccc1OCC(=O)NC(=S)Nc1cccc(NC(=O)C(C)C)c1. The number of para-hydroxylation sites is 1. The first kappa shape index (κ1) is 20.4. The minimum absolute atomic E-state index is 0.0728. The summed E-state index contributed by atoms with van der Waals surface area (Å²) in [4.78, 5) is 23.8. The van der Waals surface area contributed by atoms with E-state index in [0.29, 0.717) is 17.1 Å². The van der Waals surface area contributed by atoms with Gasteiger partial charge in [0.25, 0.3) is 5.91 Å². The molecule has 0 atom stereocenters. The number of carbonyl (C=O) groups excluding carboxylic acids is 2. The Kier molecular flexibility index (Phi) is 7.31. The van der Waals surface area contributed by atoms with Crippen molar-refractivity contribution in [3.63, 3.8) is 0 Å². The van der Waals surface area contributed by atoms with Gasteiger partial charge in [0.1, 0.15) is 5.75 Å². The Balaban J connectivity index is 1.85. The van der Waals surface area contributed by atoms with Crippen LogP contribution in [0.5, 0.6) is 5.75 Å². The zero-order valence-corrected chi connectivity index (χ0v) is 16.4. The van der Waals surface area contributed by atoms with Crippen LogP contribution in [0.1, 0.15) is 19.4 Å². The van der Waals surface area contributed by atoms with Crippen LogP contribution in [0.25, 0.3) is 0 Å². The van der Waals surface area contributed by atoms with Crippen LogP contribution in [0, 0.1) is 12.8 Å². The van der Waals surface area contributed by atoms with Crippen LogP contribution in [0.4, 0.5) is 11.4 Å². The quantitative estimate of drug-likeness (QED) is 0.664. The Bertz CT molecular complexity index is 837. The number of thiocarbonyl (C=S) groups is 1. The minimum atomic E-state index is -0.361. The average molecular weight is 385 g/mol. The van der Waals surface area contributed by atoms with Gasteiger partial charge < -0.3 is 15.4 Å². The van der Waals surface area contributed by atoms with Crippen molar-refractivity contribution in [2.45, 2.75) is 20.8 Å². The van der Waals surface area contributed by atoms with Crippen LogP contribution >= 0.6 is 12.2 Å². The molecule has 0 aliphatic heterocycles.